The molecule has 18 heavy (non-hydrogen) atoms. The fourth-order valence-corrected chi connectivity index (χ4v) is 2.19. The molecule has 0 radical (unpaired) electrons. The fourth-order valence-electron chi connectivity index (χ4n) is 2.19. The van der Waals surface area contributed by atoms with E-state index >= 15 is 0 Å². The Morgan fingerprint density at radius 2 is 1.78 bits per heavy atom. The van der Waals surface area contributed by atoms with Crippen LogP contribution in [0.1, 0.15) is 13.8 Å². The van der Waals surface area contributed by atoms with Gasteiger partial charge in [-0.1, -0.05) is 0 Å². The lowest BCUT2D eigenvalue weighted by molar-refractivity contribution is 0.242. The van der Waals surface area contributed by atoms with Gasteiger partial charge in [0.1, 0.15) is 5.75 Å². The van der Waals surface area contributed by atoms with Crippen LogP contribution in [0.15, 0.2) is 18.2 Å². The van der Waals surface area contributed by atoms with E-state index in [2.05, 4.69) is 22.9 Å². The number of nitrogen functional groups attached to an aromatic ring is 1. The van der Waals surface area contributed by atoms with Crippen molar-refractivity contribution >= 4 is 11.4 Å². The molecule has 1 fully saturated rings. The van der Waals surface area contributed by atoms with Crippen LogP contribution in [0.3, 0.4) is 0 Å². The SMILES string of the molecule is CC(C)Oc1cc(N)cc(N2CCN(C)CC2)c1. The summed E-state index contributed by atoms with van der Waals surface area (Å²) in [4.78, 5) is 4.71. The first-order chi connectivity index (χ1) is 8.54. The molecule has 2 rings (SSSR count). The van der Waals surface area contributed by atoms with Crippen molar-refractivity contribution in [1.82, 2.24) is 4.90 Å². The molecule has 4 heteroatoms. The maximum Gasteiger partial charge on any atom is 0.123 e. The molecular formula is C14H23N3O. The third-order valence-electron chi connectivity index (χ3n) is 3.15. The average molecular weight is 249 g/mol. The Kier molecular flexibility index (Phi) is 3.97. The molecule has 1 aromatic rings. The van der Waals surface area contributed by atoms with Crippen LogP contribution in [0.5, 0.6) is 5.75 Å². The molecule has 0 unspecified atom stereocenters. The molecule has 2 N–H and O–H groups in total. The molecule has 1 saturated heterocycles. The smallest absolute Gasteiger partial charge is 0.123 e. The minimum absolute atomic E-state index is 0.173. The Bertz CT molecular complexity index is 398. The quantitative estimate of drug-likeness (QED) is 0.830. The van der Waals surface area contributed by atoms with Crippen LogP contribution in [0.2, 0.25) is 0 Å². The molecule has 0 aromatic heterocycles. The third kappa shape index (κ3) is 3.29. The van der Waals surface area contributed by atoms with Crippen LogP contribution in [0, 0.1) is 0 Å². The van der Waals surface area contributed by atoms with Crippen molar-refractivity contribution in [3.63, 3.8) is 0 Å². The van der Waals surface area contributed by atoms with Gasteiger partial charge in [-0.05, 0) is 27.0 Å². The van der Waals surface area contributed by atoms with Crippen molar-refractivity contribution < 1.29 is 4.74 Å². The minimum atomic E-state index is 0.173. The van der Waals surface area contributed by atoms with Gasteiger partial charge in [0.25, 0.3) is 0 Å². The zero-order chi connectivity index (χ0) is 13.1. The first-order valence-corrected chi connectivity index (χ1v) is 6.55. The van der Waals surface area contributed by atoms with Crippen LogP contribution in [0.4, 0.5) is 11.4 Å². The van der Waals surface area contributed by atoms with Gasteiger partial charge in [0, 0.05) is 49.7 Å². The summed E-state index contributed by atoms with van der Waals surface area (Å²) in [7, 11) is 2.16. The largest absolute Gasteiger partial charge is 0.491 e. The molecule has 0 saturated carbocycles. The van der Waals surface area contributed by atoms with Crippen molar-refractivity contribution in [2.75, 3.05) is 43.9 Å². The predicted molar refractivity (Wildman–Crippen MR) is 76.3 cm³/mol. The summed E-state index contributed by atoms with van der Waals surface area (Å²) < 4.78 is 5.73. The summed E-state index contributed by atoms with van der Waals surface area (Å²) in [5, 5.41) is 0. The highest BCUT2D eigenvalue weighted by molar-refractivity contribution is 5.60. The molecule has 0 amide bonds. The van der Waals surface area contributed by atoms with Crippen LogP contribution >= 0.6 is 0 Å². The lowest BCUT2D eigenvalue weighted by Crippen LogP contribution is -2.44. The topological polar surface area (TPSA) is 41.7 Å². The monoisotopic (exact) mass is 249 g/mol. The maximum atomic E-state index is 5.95. The van der Waals surface area contributed by atoms with Gasteiger partial charge in [-0.3, -0.25) is 0 Å². The lowest BCUT2D eigenvalue weighted by Gasteiger charge is -2.34. The number of nitrogens with zero attached hydrogens (tertiary/aromatic N) is 2. The highest BCUT2D eigenvalue weighted by Crippen LogP contribution is 2.27. The van der Waals surface area contributed by atoms with Crippen LogP contribution in [0.25, 0.3) is 0 Å². The second kappa shape index (κ2) is 5.48. The number of anilines is 2. The summed E-state index contributed by atoms with van der Waals surface area (Å²) in [5.41, 5.74) is 7.88. The second-order valence-corrected chi connectivity index (χ2v) is 5.22. The molecule has 4 nitrogen and oxygen atoms in total. The molecule has 1 aliphatic heterocycles. The van der Waals surface area contributed by atoms with E-state index in [0.29, 0.717) is 0 Å². The van der Waals surface area contributed by atoms with E-state index in [1.54, 1.807) is 0 Å². The number of nitrogens with two attached hydrogens (primary N) is 1. The van der Waals surface area contributed by atoms with E-state index in [-0.39, 0.29) is 6.10 Å². The fraction of sp³-hybridized carbons (Fsp3) is 0.571. The van der Waals surface area contributed by atoms with Crippen molar-refractivity contribution in [3.05, 3.63) is 18.2 Å². The van der Waals surface area contributed by atoms with E-state index in [9.17, 15) is 0 Å². The Morgan fingerprint density at radius 1 is 1.11 bits per heavy atom. The Morgan fingerprint density at radius 3 is 2.39 bits per heavy atom. The maximum absolute atomic E-state index is 5.95. The van der Waals surface area contributed by atoms with Crippen LogP contribution < -0.4 is 15.4 Å². The van der Waals surface area contributed by atoms with Crippen LogP contribution in [-0.4, -0.2) is 44.2 Å². The van der Waals surface area contributed by atoms with Gasteiger partial charge >= 0.3 is 0 Å². The van der Waals surface area contributed by atoms with Crippen molar-refractivity contribution in [2.24, 2.45) is 0 Å². The number of likely N-dealkylation sites (N-methyl/N-ethyl adjacent to an activating group) is 1. The number of piperazine rings is 1. The minimum Gasteiger partial charge on any atom is -0.491 e. The molecule has 0 bridgehead atoms. The number of ether oxygens (including phenoxy) is 1. The Hall–Kier alpha value is -1.42. The summed E-state index contributed by atoms with van der Waals surface area (Å²) in [6.45, 7) is 8.32. The zero-order valence-electron chi connectivity index (χ0n) is 11.5. The summed E-state index contributed by atoms with van der Waals surface area (Å²) in [6.07, 6.45) is 0.173. The standard InChI is InChI=1S/C14H23N3O/c1-11(2)18-14-9-12(15)8-13(10-14)17-6-4-16(3)5-7-17/h8-11H,4-7,15H2,1-3H3. The van der Waals surface area contributed by atoms with E-state index in [0.717, 1.165) is 37.6 Å². The van der Waals surface area contributed by atoms with E-state index < -0.39 is 0 Å². The molecule has 100 valence electrons. The predicted octanol–water partition coefficient (Wildman–Crippen LogP) is 1.81. The zero-order valence-corrected chi connectivity index (χ0v) is 11.5. The van der Waals surface area contributed by atoms with Gasteiger partial charge in [-0.2, -0.15) is 0 Å². The summed E-state index contributed by atoms with van der Waals surface area (Å²) in [5.74, 6) is 0.860. The van der Waals surface area contributed by atoms with Gasteiger partial charge < -0.3 is 20.3 Å². The van der Waals surface area contributed by atoms with Crippen LogP contribution in [-0.2, 0) is 0 Å². The molecule has 1 aromatic carbocycles. The molecule has 0 aliphatic carbocycles. The van der Waals surface area contributed by atoms with Gasteiger partial charge in [0.15, 0.2) is 0 Å². The summed E-state index contributed by atoms with van der Waals surface area (Å²) in [6, 6.07) is 6.00. The van der Waals surface area contributed by atoms with Crippen molar-refractivity contribution in [3.8, 4) is 5.75 Å². The molecule has 1 aliphatic rings. The van der Waals surface area contributed by atoms with E-state index in [1.165, 1.54) is 5.69 Å². The Balaban J connectivity index is 2.14. The van der Waals surface area contributed by atoms with Gasteiger partial charge in [0.05, 0.1) is 6.10 Å². The lowest BCUT2D eigenvalue weighted by atomic mass is 10.2. The number of hydrogen-bond acceptors (Lipinski definition) is 4. The van der Waals surface area contributed by atoms with Gasteiger partial charge in [0.2, 0.25) is 0 Å². The highest BCUT2D eigenvalue weighted by Gasteiger charge is 2.15. The first kappa shape index (κ1) is 13.0. The van der Waals surface area contributed by atoms with Crippen molar-refractivity contribution in [2.45, 2.75) is 20.0 Å². The van der Waals surface area contributed by atoms with E-state index in [4.69, 9.17) is 10.5 Å². The molecular weight excluding hydrogens is 226 g/mol. The second-order valence-electron chi connectivity index (χ2n) is 5.22. The van der Waals surface area contributed by atoms with E-state index in [1.807, 2.05) is 26.0 Å². The highest BCUT2D eigenvalue weighted by atomic mass is 16.5. The number of benzene rings is 1. The molecule has 1 heterocycles. The van der Waals surface area contributed by atoms with Crippen molar-refractivity contribution in [1.29, 1.82) is 0 Å². The summed E-state index contributed by atoms with van der Waals surface area (Å²) >= 11 is 0. The first-order valence-electron chi connectivity index (χ1n) is 6.55. The molecule has 0 atom stereocenters. The normalized spacial score (nSPS) is 17.2. The van der Waals surface area contributed by atoms with Gasteiger partial charge in [-0.25, -0.2) is 0 Å². The third-order valence-corrected chi connectivity index (χ3v) is 3.15. The average Bonchev–Trinajstić information content (AvgIpc) is 2.28. The van der Waals surface area contributed by atoms with Gasteiger partial charge in [-0.15, -0.1) is 0 Å². The number of rotatable bonds is 3. The number of hydrogen-bond donors (Lipinski definition) is 1. The Labute approximate surface area is 109 Å². The molecule has 0 spiro atoms.